The van der Waals surface area contributed by atoms with Gasteiger partial charge in [-0.15, -0.1) is 0 Å². The van der Waals surface area contributed by atoms with E-state index in [4.69, 9.17) is 4.74 Å². The third kappa shape index (κ3) is 5.24. The van der Waals surface area contributed by atoms with Gasteiger partial charge in [-0.1, -0.05) is 15.9 Å². The van der Waals surface area contributed by atoms with Crippen LogP contribution in [-0.2, 0) is 0 Å². The summed E-state index contributed by atoms with van der Waals surface area (Å²) in [5, 5.41) is 24.5. The van der Waals surface area contributed by atoms with E-state index in [-0.39, 0.29) is 11.5 Å². The average Bonchev–Trinajstić information content (AvgIpc) is 2.66. The van der Waals surface area contributed by atoms with E-state index in [1.54, 1.807) is 30.3 Å². The number of aromatic nitrogens is 2. The second-order valence-corrected chi connectivity index (χ2v) is 7.80. The zero-order valence-corrected chi connectivity index (χ0v) is 18.8. The summed E-state index contributed by atoms with van der Waals surface area (Å²) in [4.78, 5) is 8.81. The highest BCUT2D eigenvalue weighted by atomic mass is 79.9. The molecule has 29 heavy (non-hydrogen) atoms. The quantitative estimate of drug-likeness (QED) is 0.303. The van der Waals surface area contributed by atoms with Crippen molar-refractivity contribution in [1.29, 1.82) is 0 Å². The maximum atomic E-state index is 10.3. The summed E-state index contributed by atoms with van der Waals surface area (Å²) in [6, 6.07) is 10.2. The minimum atomic E-state index is 0.0487. The Kier molecular flexibility index (Phi) is 6.71. The Balaban J connectivity index is 1.84. The molecule has 0 fully saturated rings. The van der Waals surface area contributed by atoms with Gasteiger partial charge < -0.3 is 14.9 Å². The number of rotatable bonds is 6. The number of nitrogens with one attached hydrogen (secondary N) is 1. The summed E-state index contributed by atoms with van der Waals surface area (Å²) in [7, 11) is 0. The van der Waals surface area contributed by atoms with Gasteiger partial charge in [-0.2, -0.15) is 5.10 Å². The van der Waals surface area contributed by atoms with Crippen molar-refractivity contribution in [3.8, 4) is 28.6 Å². The number of halogens is 2. The van der Waals surface area contributed by atoms with Crippen molar-refractivity contribution >= 4 is 43.9 Å². The molecule has 3 rings (SSSR count). The summed E-state index contributed by atoms with van der Waals surface area (Å²) in [5.41, 5.74) is 4.54. The minimum Gasteiger partial charge on any atom is -0.507 e. The Labute approximate surface area is 184 Å². The highest BCUT2D eigenvalue weighted by Crippen LogP contribution is 2.37. The van der Waals surface area contributed by atoms with E-state index in [1.807, 2.05) is 13.8 Å². The number of benzene rings is 2. The van der Waals surface area contributed by atoms with Crippen molar-refractivity contribution in [3.63, 3.8) is 0 Å². The lowest BCUT2D eigenvalue weighted by Crippen LogP contribution is -1.99. The van der Waals surface area contributed by atoms with Crippen molar-refractivity contribution in [1.82, 2.24) is 9.97 Å². The van der Waals surface area contributed by atoms with Gasteiger partial charge in [0.1, 0.15) is 17.2 Å². The molecule has 0 saturated carbocycles. The fourth-order valence-corrected chi connectivity index (χ4v) is 3.77. The lowest BCUT2D eigenvalue weighted by molar-refractivity contribution is 0.337. The van der Waals surface area contributed by atoms with Gasteiger partial charge in [0, 0.05) is 27.9 Å². The Morgan fingerprint density at radius 1 is 1.14 bits per heavy atom. The number of anilines is 1. The molecule has 0 saturated heterocycles. The van der Waals surface area contributed by atoms with Gasteiger partial charge in [0.2, 0.25) is 0 Å². The number of hydrogen-bond donors (Lipinski definition) is 3. The van der Waals surface area contributed by atoms with Crippen molar-refractivity contribution in [2.75, 3.05) is 12.0 Å². The van der Waals surface area contributed by atoms with Gasteiger partial charge in [0.05, 0.1) is 22.9 Å². The maximum Gasteiger partial charge on any atom is 0.165 e. The second-order valence-electron chi connectivity index (χ2n) is 6.03. The van der Waals surface area contributed by atoms with E-state index in [0.29, 0.717) is 45.3 Å². The number of aromatic hydroxyl groups is 2. The first-order valence-corrected chi connectivity index (χ1v) is 10.2. The van der Waals surface area contributed by atoms with Gasteiger partial charge >= 0.3 is 0 Å². The standard InChI is InChI=1S/C20H18Br2N4O3/c1-3-29-14-5-4-12(17(27)9-14)10-23-26-18-6-11(2)24-20(25-18)15-7-13(21)8-16(22)19(15)28/h4-10,27-28H,3H2,1-2H3,(H,24,25,26). The fourth-order valence-electron chi connectivity index (χ4n) is 2.54. The summed E-state index contributed by atoms with van der Waals surface area (Å²) in [5.74, 6) is 1.50. The third-order valence-corrected chi connectivity index (χ3v) is 4.88. The van der Waals surface area contributed by atoms with Crippen molar-refractivity contribution < 1.29 is 14.9 Å². The van der Waals surface area contributed by atoms with E-state index < -0.39 is 0 Å². The van der Waals surface area contributed by atoms with Crippen LogP contribution >= 0.6 is 31.9 Å². The number of ether oxygens (including phenoxy) is 1. The van der Waals surface area contributed by atoms with Crippen LogP contribution in [0.4, 0.5) is 5.82 Å². The second kappa shape index (κ2) is 9.23. The lowest BCUT2D eigenvalue weighted by atomic mass is 10.2. The largest absolute Gasteiger partial charge is 0.507 e. The molecule has 2 aromatic carbocycles. The molecule has 9 heteroatoms. The summed E-state index contributed by atoms with van der Waals surface area (Å²) in [6.07, 6.45) is 1.48. The smallest absolute Gasteiger partial charge is 0.165 e. The first kappa shape index (κ1) is 21.1. The van der Waals surface area contributed by atoms with Gasteiger partial charge in [0.15, 0.2) is 11.6 Å². The van der Waals surface area contributed by atoms with Crippen molar-refractivity contribution in [3.05, 3.63) is 56.6 Å². The predicted molar refractivity (Wildman–Crippen MR) is 120 cm³/mol. The summed E-state index contributed by atoms with van der Waals surface area (Å²) < 4.78 is 6.66. The molecule has 7 nitrogen and oxygen atoms in total. The average molecular weight is 522 g/mol. The molecule has 3 N–H and O–H groups in total. The molecule has 0 amide bonds. The van der Waals surface area contributed by atoms with Crippen LogP contribution in [0.15, 0.2) is 50.4 Å². The molecule has 0 aliphatic rings. The number of hydrazone groups is 1. The predicted octanol–water partition coefficient (Wildman–Crippen LogP) is 5.23. The van der Waals surface area contributed by atoms with Crippen molar-refractivity contribution in [2.24, 2.45) is 5.10 Å². The van der Waals surface area contributed by atoms with E-state index in [0.717, 1.165) is 4.47 Å². The van der Waals surface area contributed by atoms with E-state index in [2.05, 4.69) is 52.4 Å². The highest BCUT2D eigenvalue weighted by Gasteiger charge is 2.13. The van der Waals surface area contributed by atoms with E-state index in [9.17, 15) is 10.2 Å². The number of phenols is 2. The molecule has 0 unspecified atom stereocenters. The summed E-state index contributed by atoms with van der Waals surface area (Å²) >= 11 is 6.72. The number of phenolic OH excluding ortho intramolecular Hbond substituents is 2. The Morgan fingerprint density at radius 3 is 2.66 bits per heavy atom. The lowest BCUT2D eigenvalue weighted by Gasteiger charge is -2.09. The van der Waals surface area contributed by atoms with Gasteiger partial charge in [-0.3, -0.25) is 5.43 Å². The van der Waals surface area contributed by atoms with Gasteiger partial charge in [-0.25, -0.2) is 9.97 Å². The number of nitrogens with zero attached hydrogens (tertiary/aromatic N) is 3. The summed E-state index contributed by atoms with van der Waals surface area (Å²) in [6.45, 7) is 4.22. The SMILES string of the molecule is CCOc1ccc(C=NNc2cc(C)nc(-c3cc(Br)cc(Br)c3O)n2)c(O)c1. The molecule has 3 aromatic rings. The molecule has 0 atom stereocenters. The normalized spacial score (nSPS) is 11.0. The molecule has 1 aromatic heterocycles. The van der Waals surface area contributed by atoms with Crippen molar-refractivity contribution in [2.45, 2.75) is 13.8 Å². The van der Waals surface area contributed by atoms with Crippen LogP contribution in [-0.4, -0.2) is 33.0 Å². The molecule has 0 radical (unpaired) electrons. The molecule has 150 valence electrons. The zero-order valence-electron chi connectivity index (χ0n) is 15.6. The molecule has 1 heterocycles. The topological polar surface area (TPSA) is 99.9 Å². The Morgan fingerprint density at radius 2 is 1.93 bits per heavy atom. The first-order valence-electron chi connectivity index (χ1n) is 8.66. The third-order valence-electron chi connectivity index (χ3n) is 3.82. The Hall–Kier alpha value is -2.65. The maximum absolute atomic E-state index is 10.3. The first-order chi connectivity index (χ1) is 13.9. The van der Waals surface area contributed by atoms with E-state index in [1.165, 1.54) is 12.3 Å². The Bertz CT molecular complexity index is 1070. The molecule has 0 aliphatic heterocycles. The fraction of sp³-hybridized carbons (Fsp3) is 0.150. The van der Waals surface area contributed by atoms with Gasteiger partial charge in [-0.05, 0) is 54.0 Å². The zero-order chi connectivity index (χ0) is 21.0. The molecule has 0 aliphatic carbocycles. The van der Waals surface area contributed by atoms with Gasteiger partial charge in [0.25, 0.3) is 0 Å². The highest BCUT2D eigenvalue weighted by molar-refractivity contribution is 9.11. The monoisotopic (exact) mass is 520 g/mol. The molecule has 0 bridgehead atoms. The van der Waals surface area contributed by atoms with Crippen LogP contribution in [0.2, 0.25) is 0 Å². The molecule has 0 spiro atoms. The van der Waals surface area contributed by atoms with E-state index >= 15 is 0 Å². The molecular formula is C20H18Br2N4O3. The molecular weight excluding hydrogens is 504 g/mol. The van der Waals surface area contributed by atoms with Crippen LogP contribution in [0.25, 0.3) is 11.4 Å². The number of aryl methyl sites for hydroxylation is 1. The number of hydrogen-bond acceptors (Lipinski definition) is 7. The van der Waals surface area contributed by atoms with Crippen LogP contribution < -0.4 is 10.2 Å². The van der Waals surface area contributed by atoms with Crippen LogP contribution in [0, 0.1) is 6.92 Å². The van der Waals surface area contributed by atoms with Crippen LogP contribution in [0.1, 0.15) is 18.2 Å². The van der Waals surface area contributed by atoms with Crippen LogP contribution in [0.5, 0.6) is 17.2 Å². The minimum absolute atomic E-state index is 0.0487. The van der Waals surface area contributed by atoms with Crippen LogP contribution in [0.3, 0.4) is 0 Å².